The van der Waals surface area contributed by atoms with Crippen molar-refractivity contribution < 1.29 is 14.3 Å². The molecule has 0 bridgehead atoms. The monoisotopic (exact) mass is 369 g/mol. The maximum atomic E-state index is 12.7. The Hall–Kier alpha value is -3.02. The van der Waals surface area contributed by atoms with Crippen molar-refractivity contribution in [2.24, 2.45) is 5.73 Å². The third-order valence-electron chi connectivity index (χ3n) is 4.40. The normalized spacial score (nSPS) is 10.3. The summed E-state index contributed by atoms with van der Waals surface area (Å²) >= 11 is 0. The first-order chi connectivity index (χ1) is 12.9. The molecule has 0 aliphatic carbocycles. The van der Waals surface area contributed by atoms with Gasteiger partial charge in [-0.15, -0.1) is 0 Å². The Labute approximate surface area is 160 Å². The first-order valence-corrected chi connectivity index (χ1v) is 9.00. The molecule has 27 heavy (non-hydrogen) atoms. The molecule has 144 valence electrons. The lowest BCUT2D eigenvalue weighted by Crippen LogP contribution is -2.35. The molecule has 0 radical (unpaired) electrons. The number of nitrogens with two attached hydrogens (primary N) is 1. The Balaban J connectivity index is 2.16. The van der Waals surface area contributed by atoms with Gasteiger partial charge in [0.2, 0.25) is 11.8 Å². The number of hydrogen-bond donors (Lipinski definition) is 2. The van der Waals surface area contributed by atoms with Crippen molar-refractivity contribution >= 4 is 23.2 Å². The lowest BCUT2D eigenvalue weighted by Gasteiger charge is -2.24. The minimum atomic E-state index is -0.402. The summed E-state index contributed by atoms with van der Waals surface area (Å²) in [5, 5.41) is 3.02. The number of nitrogens with zero attached hydrogens (tertiary/aromatic N) is 1. The first-order valence-electron chi connectivity index (χ1n) is 9.00. The zero-order valence-electron chi connectivity index (χ0n) is 16.1. The van der Waals surface area contributed by atoms with Crippen molar-refractivity contribution in [2.45, 2.75) is 26.7 Å². The molecule has 0 aromatic heterocycles. The molecule has 3 N–H and O–H groups in total. The number of hydrogen-bond acceptors (Lipinski definition) is 4. The van der Waals surface area contributed by atoms with Gasteiger partial charge in [-0.05, 0) is 48.7 Å². The molecule has 6 heteroatoms. The standard InChI is InChI=1S/C21H27N3O3/c1-4-16-7-5-6-15(2)21(16)23-20(26)14-24(13-12-19(22)25)17-8-10-18(27-3)11-9-17/h5-11H,4,12-14H2,1-3H3,(H2,22,25)(H,23,26). The molecule has 0 saturated heterocycles. The number of ether oxygens (including phenoxy) is 1. The van der Waals surface area contributed by atoms with Crippen molar-refractivity contribution in [3.05, 3.63) is 53.6 Å². The number of amides is 2. The van der Waals surface area contributed by atoms with Gasteiger partial charge >= 0.3 is 0 Å². The van der Waals surface area contributed by atoms with Gasteiger partial charge in [0, 0.05) is 24.3 Å². The molecule has 2 aromatic rings. The Bertz CT molecular complexity index is 788. The molecule has 0 spiro atoms. The summed E-state index contributed by atoms with van der Waals surface area (Å²) in [5.41, 5.74) is 9.09. The zero-order valence-corrected chi connectivity index (χ0v) is 16.1. The van der Waals surface area contributed by atoms with Crippen molar-refractivity contribution in [1.82, 2.24) is 0 Å². The summed E-state index contributed by atoms with van der Waals surface area (Å²) in [4.78, 5) is 25.7. The predicted octanol–water partition coefficient (Wildman–Crippen LogP) is 2.89. The molecule has 0 unspecified atom stereocenters. The number of carbonyl (C=O) groups is 2. The van der Waals surface area contributed by atoms with Crippen LogP contribution in [0.2, 0.25) is 0 Å². The van der Waals surface area contributed by atoms with Crippen molar-refractivity contribution in [3.63, 3.8) is 0 Å². The van der Waals surface area contributed by atoms with E-state index in [0.29, 0.717) is 6.54 Å². The van der Waals surface area contributed by atoms with E-state index in [1.54, 1.807) is 7.11 Å². The fraction of sp³-hybridized carbons (Fsp3) is 0.333. The Kier molecular flexibility index (Phi) is 7.23. The fourth-order valence-electron chi connectivity index (χ4n) is 2.89. The summed E-state index contributed by atoms with van der Waals surface area (Å²) in [5.74, 6) is 0.186. The maximum Gasteiger partial charge on any atom is 0.243 e. The quantitative estimate of drug-likeness (QED) is 0.712. The summed E-state index contributed by atoms with van der Waals surface area (Å²) in [6, 6.07) is 13.3. The van der Waals surface area contributed by atoms with Crippen LogP contribution in [0, 0.1) is 6.92 Å². The number of primary amides is 1. The van der Waals surface area contributed by atoms with Crippen LogP contribution in [0.1, 0.15) is 24.5 Å². The van der Waals surface area contributed by atoms with E-state index in [1.165, 1.54) is 0 Å². The van der Waals surface area contributed by atoms with E-state index in [1.807, 2.05) is 54.3 Å². The Morgan fingerprint density at radius 3 is 2.44 bits per heavy atom. The van der Waals surface area contributed by atoms with Crippen molar-refractivity contribution in [1.29, 1.82) is 0 Å². The van der Waals surface area contributed by atoms with Crippen LogP contribution >= 0.6 is 0 Å². The SMILES string of the molecule is CCc1cccc(C)c1NC(=O)CN(CCC(N)=O)c1ccc(OC)cc1. The van der Waals surface area contributed by atoms with Gasteiger partial charge in [-0.25, -0.2) is 0 Å². The van der Waals surface area contributed by atoms with Crippen LogP contribution in [0.25, 0.3) is 0 Å². The number of rotatable bonds is 9. The molecule has 2 amide bonds. The third kappa shape index (κ3) is 5.74. The smallest absolute Gasteiger partial charge is 0.243 e. The Morgan fingerprint density at radius 2 is 1.85 bits per heavy atom. The molecule has 0 aliphatic rings. The van der Waals surface area contributed by atoms with E-state index in [0.717, 1.165) is 34.7 Å². The van der Waals surface area contributed by atoms with Gasteiger partial charge in [0.1, 0.15) is 5.75 Å². The van der Waals surface area contributed by atoms with E-state index in [2.05, 4.69) is 12.2 Å². The van der Waals surface area contributed by atoms with E-state index in [-0.39, 0.29) is 18.9 Å². The highest BCUT2D eigenvalue weighted by atomic mass is 16.5. The minimum absolute atomic E-state index is 0.122. The highest BCUT2D eigenvalue weighted by molar-refractivity contribution is 5.95. The average molecular weight is 369 g/mol. The number of para-hydroxylation sites is 1. The predicted molar refractivity (Wildman–Crippen MR) is 108 cm³/mol. The van der Waals surface area contributed by atoms with E-state index < -0.39 is 5.91 Å². The summed E-state index contributed by atoms with van der Waals surface area (Å²) in [7, 11) is 1.60. The van der Waals surface area contributed by atoms with Gasteiger partial charge in [-0.3, -0.25) is 9.59 Å². The van der Waals surface area contributed by atoms with E-state index >= 15 is 0 Å². The highest BCUT2D eigenvalue weighted by Gasteiger charge is 2.15. The molecule has 0 saturated carbocycles. The summed E-state index contributed by atoms with van der Waals surface area (Å²) in [6.07, 6.45) is 1.01. The lowest BCUT2D eigenvalue weighted by molar-refractivity contribution is -0.118. The van der Waals surface area contributed by atoms with Gasteiger partial charge < -0.3 is 20.7 Å². The van der Waals surface area contributed by atoms with Crippen LogP contribution in [-0.2, 0) is 16.0 Å². The van der Waals surface area contributed by atoms with Crippen LogP contribution in [0.5, 0.6) is 5.75 Å². The van der Waals surface area contributed by atoms with E-state index in [4.69, 9.17) is 10.5 Å². The molecule has 2 aromatic carbocycles. The van der Waals surface area contributed by atoms with E-state index in [9.17, 15) is 9.59 Å². The molecule has 2 rings (SSSR count). The molecular weight excluding hydrogens is 342 g/mol. The molecular formula is C21H27N3O3. The maximum absolute atomic E-state index is 12.7. The molecule has 6 nitrogen and oxygen atoms in total. The minimum Gasteiger partial charge on any atom is -0.497 e. The second-order valence-corrected chi connectivity index (χ2v) is 6.35. The second-order valence-electron chi connectivity index (χ2n) is 6.35. The molecule has 0 fully saturated rings. The molecule has 0 atom stereocenters. The van der Waals surface area contributed by atoms with Gasteiger partial charge in [0.05, 0.1) is 13.7 Å². The van der Waals surface area contributed by atoms with Gasteiger partial charge in [0.15, 0.2) is 0 Å². The number of methoxy groups -OCH3 is 1. The number of benzene rings is 2. The lowest BCUT2D eigenvalue weighted by atomic mass is 10.1. The van der Waals surface area contributed by atoms with Crippen molar-refractivity contribution in [3.8, 4) is 5.75 Å². The van der Waals surface area contributed by atoms with Crippen molar-refractivity contribution in [2.75, 3.05) is 30.4 Å². The summed E-state index contributed by atoms with van der Waals surface area (Å²) < 4.78 is 5.17. The fourth-order valence-corrected chi connectivity index (χ4v) is 2.89. The van der Waals surface area contributed by atoms with Crippen LogP contribution in [0.4, 0.5) is 11.4 Å². The zero-order chi connectivity index (χ0) is 19.8. The number of carbonyl (C=O) groups excluding carboxylic acids is 2. The molecule has 0 heterocycles. The van der Waals surface area contributed by atoms with Gasteiger partial charge in [0.25, 0.3) is 0 Å². The number of nitrogens with one attached hydrogen (secondary N) is 1. The summed E-state index contributed by atoms with van der Waals surface area (Å²) in [6.45, 7) is 4.52. The topological polar surface area (TPSA) is 84.7 Å². The highest BCUT2D eigenvalue weighted by Crippen LogP contribution is 2.22. The second kappa shape index (κ2) is 9.62. The number of anilines is 2. The van der Waals surface area contributed by atoms with Crippen LogP contribution < -0.4 is 20.7 Å². The largest absolute Gasteiger partial charge is 0.497 e. The van der Waals surface area contributed by atoms with Crippen LogP contribution in [0.15, 0.2) is 42.5 Å². The van der Waals surface area contributed by atoms with Gasteiger partial charge in [-0.1, -0.05) is 25.1 Å². The molecule has 0 aliphatic heterocycles. The third-order valence-corrected chi connectivity index (χ3v) is 4.40. The Morgan fingerprint density at radius 1 is 1.15 bits per heavy atom. The number of aryl methyl sites for hydroxylation is 2. The average Bonchev–Trinajstić information content (AvgIpc) is 2.66. The van der Waals surface area contributed by atoms with Crippen LogP contribution in [0.3, 0.4) is 0 Å². The van der Waals surface area contributed by atoms with Crippen LogP contribution in [-0.4, -0.2) is 32.0 Å². The first kappa shape index (κ1) is 20.3. The van der Waals surface area contributed by atoms with Gasteiger partial charge in [-0.2, -0.15) is 0 Å².